The van der Waals surface area contributed by atoms with Crippen LogP contribution in [-0.2, 0) is 13.2 Å². The van der Waals surface area contributed by atoms with Crippen molar-refractivity contribution in [1.82, 2.24) is 10.2 Å². The lowest BCUT2D eigenvalue weighted by Gasteiger charge is -2.33. The van der Waals surface area contributed by atoms with Crippen LogP contribution < -0.4 is 10.1 Å². The van der Waals surface area contributed by atoms with E-state index in [9.17, 15) is 0 Å². The fraction of sp³-hybridized carbons (Fsp3) is 0.368. The van der Waals surface area contributed by atoms with Gasteiger partial charge < -0.3 is 10.1 Å². The Balaban J connectivity index is 1.60. The molecular formula is C19H24N2O. The van der Waals surface area contributed by atoms with Gasteiger partial charge in [-0.1, -0.05) is 42.5 Å². The van der Waals surface area contributed by atoms with Crippen molar-refractivity contribution in [2.45, 2.75) is 26.1 Å². The first kappa shape index (κ1) is 15.1. The highest BCUT2D eigenvalue weighted by Gasteiger charge is 2.17. The molecule has 1 saturated heterocycles. The molecule has 3 heteroatoms. The third-order valence-corrected chi connectivity index (χ3v) is 4.17. The van der Waals surface area contributed by atoms with Crippen LogP contribution in [0, 0.1) is 0 Å². The molecule has 0 amide bonds. The molecule has 1 N–H and O–H groups in total. The molecule has 0 saturated carbocycles. The first-order chi connectivity index (χ1) is 10.8. The quantitative estimate of drug-likeness (QED) is 0.918. The van der Waals surface area contributed by atoms with Crippen LogP contribution in [0.1, 0.15) is 18.1 Å². The maximum Gasteiger partial charge on any atom is 0.120 e. The summed E-state index contributed by atoms with van der Waals surface area (Å²) in [4.78, 5) is 2.52. The molecule has 0 aliphatic carbocycles. The third-order valence-electron chi connectivity index (χ3n) is 4.17. The Kier molecular flexibility index (Phi) is 5.09. The fourth-order valence-corrected chi connectivity index (χ4v) is 2.83. The van der Waals surface area contributed by atoms with Crippen LogP contribution >= 0.6 is 0 Å². The van der Waals surface area contributed by atoms with Gasteiger partial charge in [0.15, 0.2) is 0 Å². The Hall–Kier alpha value is -1.84. The van der Waals surface area contributed by atoms with Crippen molar-refractivity contribution >= 4 is 0 Å². The molecule has 3 nitrogen and oxygen atoms in total. The second-order valence-electron chi connectivity index (χ2n) is 5.95. The van der Waals surface area contributed by atoms with E-state index in [2.05, 4.69) is 47.5 Å². The van der Waals surface area contributed by atoms with Gasteiger partial charge in [0.2, 0.25) is 0 Å². The molecule has 0 spiro atoms. The first-order valence-electron chi connectivity index (χ1n) is 8.02. The van der Waals surface area contributed by atoms with Crippen LogP contribution in [0.4, 0.5) is 0 Å². The molecule has 0 aromatic heterocycles. The SMILES string of the molecule is CC1CNCCN1Cc1cccc(OCc2ccccc2)c1. The van der Waals surface area contributed by atoms with Gasteiger partial charge in [-0.15, -0.1) is 0 Å². The van der Waals surface area contributed by atoms with Crippen molar-refractivity contribution in [3.63, 3.8) is 0 Å². The molecular weight excluding hydrogens is 272 g/mol. The average molecular weight is 296 g/mol. The highest BCUT2D eigenvalue weighted by Crippen LogP contribution is 2.18. The first-order valence-corrected chi connectivity index (χ1v) is 8.02. The molecule has 2 aromatic carbocycles. The average Bonchev–Trinajstić information content (AvgIpc) is 2.57. The zero-order valence-corrected chi connectivity index (χ0v) is 13.2. The monoisotopic (exact) mass is 296 g/mol. The van der Waals surface area contributed by atoms with E-state index in [1.165, 1.54) is 11.1 Å². The molecule has 0 bridgehead atoms. The van der Waals surface area contributed by atoms with Crippen LogP contribution in [0.2, 0.25) is 0 Å². The topological polar surface area (TPSA) is 24.5 Å². The minimum atomic E-state index is 0.586. The second-order valence-corrected chi connectivity index (χ2v) is 5.95. The Labute approximate surface area is 132 Å². The van der Waals surface area contributed by atoms with Gasteiger partial charge in [0.05, 0.1) is 0 Å². The minimum Gasteiger partial charge on any atom is -0.489 e. The van der Waals surface area contributed by atoms with Crippen molar-refractivity contribution in [3.8, 4) is 5.75 Å². The molecule has 1 aliphatic heterocycles. The largest absolute Gasteiger partial charge is 0.489 e. The van der Waals surface area contributed by atoms with Gasteiger partial charge in [0, 0.05) is 32.2 Å². The van der Waals surface area contributed by atoms with Crippen molar-refractivity contribution in [1.29, 1.82) is 0 Å². The number of piperazine rings is 1. The number of nitrogens with zero attached hydrogens (tertiary/aromatic N) is 1. The predicted octanol–water partition coefficient (Wildman–Crippen LogP) is 3.06. The zero-order valence-electron chi connectivity index (χ0n) is 13.2. The Bertz CT molecular complexity index is 585. The van der Waals surface area contributed by atoms with E-state index in [1.54, 1.807) is 0 Å². The summed E-state index contributed by atoms with van der Waals surface area (Å²) in [5.41, 5.74) is 2.52. The number of hydrogen-bond acceptors (Lipinski definition) is 3. The smallest absolute Gasteiger partial charge is 0.120 e. The summed E-state index contributed by atoms with van der Waals surface area (Å²) in [7, 11) is 0. The third kappa shape index (κ3) is 4.09. The molecule has 1 heterocycles. The van der Waals surface area contributed by atoms with Crippen LogP contribution in [-0.4, -0.2) is 30.6 Å². The number of ether oxygens (including phenoxy) is 1. The summed E-state index contributed by atoms with van der Waals surface area (Å²) in [6.45, 7) is 7.15. The van der Waals surface area contributed by atoms with Gasteiger partial charge in [-0.3, -0.25) is 4.90 Å². The van der Waals surface area contributed by atoms with Crippen molar-refractivity contribution < 1.29 is 4.74 Å². The lowest BCUT2D eigenvalue weighted by molar-refractivity contribution is 0.165. The van der Waals surface area contributed by atoms with E-state index in [-0.39, 0.29) is 0 Å². The number of benzene rings is 2. The molecule has 0 radical (unpaired) electrons. The van der Waals surface area contributed by atoms with E-state index in [0.29, 0.717) is 12.6 Å². The highest BCUT2D eigenvalue weighted by atomic mass is 16.5. The Morgan fingerprint density at radius 2 is 1.91 bits per heavy atom. The highest BCUT2D eigenvalue weighted by molar-refractivity contribution is 5.29. The number of hydrogen-bond donors (Lipinski definition) is 1. The van der Waals surface area contributed by atoms with E-state index >= 15 is 0 Å². The molecule has 1 unspecified atom stereocenters. The predicted molar refractivity (Wildman–Crippen MR) is 90.0 cm³/mol. The maximum absolute atomic E-state index is 5.92. The maximum atomic E-state index is 5.92. The summed E-state index contributed by atoms with van der Waals surface area (Å²) >= 11 is 0. The minimum absolute atomic E-state index is 0.586. The van der Waals surface area contributed by atoms with Crippen LogP contribution in [0.5, 0.6) is 5.75 Å². The normalized spacial score (nSPS) is 19.0. The van der Waals surface area contributed by atoms with E-state index in [0.717, 1.165) is 31.9 Å². The lowest BCUT2D eigenvalue weighted by atomic mass is 10.1. The second kappa shape index (κ2) is 7.43. The van der Waals surface area contributed by atoms with E-state index in [4.69, 9.17) is 4.74 Å². The molecule has 1 atom stereocenters. The summed E-state index contributed by atoms with van der Waals surface area (Å²) in [6.07, 6.45) is 0. The standard InChI is InChI=1S/C19H24N2O/c1-16-13-20-10-11-21(16)14-18-8-5-9-19(12-18)22-15-17-6-3-2-4-7-17/h2-9,12,16,20H,10-11,13-15H2,1H3. The number of rotatable bonds is 5. The van der Waals surface area contributed by atoms with Gasteiger partial charge >= 0.3 is 0 Å². The van der Waals surface area contributed by atoms with Gasteiger partial charge in [-0.25, -0.2) is 0 Å². The fourth-order valence-electron chi connectivity index (χ4n) is 2.83. The molecule has 1 aliphatic rings. The summed E-state index contributed by atoms with van der Waals surface area (Å²) < 4.78 is 5.92. The summed E-state index contributed by atoms with van der Waals surface area (Å²) in [5.74, 6) is 0.948. The van der Waals surface area contributed by atoms with Crippen LogP contribution in [0.3, 0.4) is 0 Å². The Morgan fingerprint density at radius 3 is 2.73 bits per heavy atom. The molecule has 116 valence electrons. The molecule has 2 aromatic rings. The summed E-state index contributed by atoms with van der Waals surface area (Å²) in [5, 5.41) is 3.43. The van der Waals surface area contributed by atoms with Gasteiger partial charge in [-0.2, -0.15) is 0 Å². The van der Waals surface area contributed by atoms with Crippen molar-refractivity contribution in [2.75, 3.05) is 19.6 Å². The van der Waals surface area contributed by atoms with Crippen molar-refractivity contribution in [2.24, 2.45) is 0 Å². The van der Waals surface area contributed by atoms with E-state index in [1.807, 2.05) is 24.3 Å². The molecule has 3 rings (SSSR count). The molecule has 22 heavy (non-hydrogen) atoms. The van der Waals surface area contributed by atoms with Gasteiger partial charge in [0.1, 0.15) is 12.4 Å². The lowest BCUT2D eigenvalue weighted by Crippen LogP contribution is -2.49. The zero-order chi connectivity index (χ0) is 15.2. The Morgan fingerprint density at radius 1 is 1.09 bits per heavy atom. The summed E-state index contributed by atoms with van der Waals surface area (Å²) in [6, 6.07) is 19.3. The van der Waals surface area contributed by atoms with Crippen LogP contribution in [0.25, 0.3) is 0 Å². The number of nitrogens with one attached hydrogen (secondary N) is 1. The molecule has 1 fully saturated rings. The van der Waals surface area contributed by atoms with Crippen molar-refractivity contribution in [3.05, 3.63) is 65.7 Å². The van der Waals surface area contributed by atoms with E-state index < -0.39 is 0 Å². The van der Waals surface area contributed by atoms with Crippen LogP contribution in [0.15, 0.2) is 54.6 Å². The van der Waals surface area contributed by atoms with Gasteiger partial charge in [0.25, 0.3) is 0 Å². The van der Waals surface area contributed by atoms with Gasteiger partial charge in [-0.05, 0) is 30.2 Å².